The van der Waals surface area contributed by atoms with Crippen molar-refractivity contribution in [1.82, 2.24) is 9.80 Å². The van der Waals surface area contributed by atoms with Gasteiger partial charge in [-0.2, -0.15) is 0 Å². The summed E-state index contributed by atoms with van der Waals surface area (Å²) in [4.78, 5) is 5.28. The van der Waals surface area contributed by atoms with Gasteiger partial charge < -0.3 is 9.84 Å². The van der Waals surface area contributed by atoms with Crippen molar-refractivity contribution < 1.29 is 9.84 Å². The van der Waals surface area contributed by atoms with E-state index in [1.807, 2.05) is 6.07 Å². The number of ether oxygens (including phenoxy) is 1. The minimum atomic E-state index is 0.0537. The van der Waals surface area contributed by atoms with Crippen LogP contribution in [0.1, 0.15) is 54.8 Å². The maximum absolute atomic E-state index is 9.54. The van der Waals surface area contributed by atoms with Crippen LogP contribution in [0.25, 0.3) is 0 Å². The predicted molar refractivity (Wildman–Crippen MR) is 122 cm³/mol. The molecule has 0 spiro atoms. The smallest absolute Gasteiger partial charge is 0.119 e. The number of piperazine rings is 1. The Morgan fingerprint density at radius 3 is 2.30 bits per heavy atom. The van der Waals surface area contributed by atoms with Gasteiger partial charge in [-0.3, -0.25) is 9.80 Å². The summed E-state index contributed by atoms with van der Waals surface area (Å²) >= 11 is 0. The molecule has 0 bridgehead atoms. The summed E-state index contributed by atoms with van der Waals surface area (Å²) in [5, 5.41) is 9.54. The molecule has 2 aromatic rings. The Morgan fingerprint density at radius 1 is 0.933 bits per heavy atom. The van der Waals surface area contributed by atoms with Gasteiger partial charge in [0.15, 0.2) is 0 Å². The van der Waals surface area contributed by atoms with Gasteiger partial charge in [0.1, 0.15) is 5.75 Å². The molecule has 2 aliphatic rings. The predicted octanol–water partition coefficient (Wildman–Crippen LogP) is 4.63. The van der Waals surface area contributed by atoms with Crippen molar-refractivity contribution in [3.8, 4) is 5.75 Å². The third-order valence-corrected chi connectivity index (χ3v) is 6.89. The first-order valence-electron chi connectivity index (χ1n) is 11.6. The van der Waals surface area contributed by atoms with Crippen LogP contribution < -0.4 is 4.74 Å². The highest BCUT2D eigenvalue weighted by atomic mass is 16.5. The van der Waals surface area contributed by atoms with Crippen LogP contribution in [0.4, 0.5) is 0 Å². The number of nitrogens with zero attached hydrogens (tertiary/aromatic N) is 2. The second-order valence-electron chi connectivity index (χ2n) is 8.91. The van der Waals surface area contributed by atoms with Gasteiger partial charge in [-0.25, -0.2) is 0 Å². The molecule has 1 unspecified atom stereocenters. The number of rotatable bonds is 7. The van der Waals surface area contributed by atoms with Crippen LogP contribution in [0, 0.1) is 5.92 Å². The van der Waals surface area contributed by atoms with E-state index in [0.717, 1.165) is 50.0 Å². The standard InChI is InChI=1S/C26H36N2O2/c1-30-25-17-21(16-22(18-25)20-29)19-27-12-14-28(15-13-27)26(23-8-4-2-5-9-23)24-10-6-3-7-11-24/h2,4-5,8-9,16-18,24,26,29H,3,6-7,10-15,19-20H2,1H3. The van der Waals surface area contributed by atoms with Crippen LogP contribution in [-0.4, -0.2) is 48.2 Å². The summed E-state index contributed by atoms with van der Waals surface area (Å²) in [7, 11) is 1.69. The monoisotopic (exact) mass is 408 g/mol. The van der Waals surface area contributed by atoms with Gasteiger partial charge in [0.05, 0.1) is 13.7 Å². The Morgan fingerprint density at radius 2 is 1.63 bits per heavy atom. The first-order chi connectivity index (χ1) is 14.8. The molecule has 1 N–H and O–H groups in total. The molecule has 1 aliphatic heterocycles. The average molecular weight is 409 g/mol. The van der Waals surface area contributed by atoms with Gasteiger partial charge in [0, 0.05) is 38.8 Å². The summed E-state index contributed by atoms with van der Waals surface area (Å²) in [5.41, 5.74) is 3.64. The summed E-state index contributed by atoms with van der Waals surface area (Å²) < 4.78 is 5.41. The highest BCUT2D eigenvalue weighted by Gasteiger charge is 2.32. The van der Waals surface area contributed by atoms with E-state index in [9.17, 15) is 5.11 Å². The second kappa shape index (κ2) is 10.4. The molecule has 4 nitrogen and oxygen atoms in total. The molecule has 1 aliphatic carbocycles. The Hall–Kier alpha value is -1.88. The number of aliphatic hydroxyl groups excluding tert-OH is 1. The Balaban J connectivity index is 1.42. The Labute approximate surface area is 181 Å². The molecule has 4 rings (SSSR count). The SMILES string of the molecule is COc1cc(CO)cc(CN2CCN(C(c3ccccc3)C3CCCCC3)CC2)c1. The number of hydrogen-bond acceptors (Lipinski definition) is 4. The molecule has 1 saturated carbocycles. The fourth-order valence-electron chi connectivity index (χ4n) is 5.37. The maximum Gasteiger partial charge on any atom is 0.119 e. The highest BCUT2D eigenvalue weighted by molar-refractivity contribution is 5.34. The third-order valence-electron chi connectivity index (χ3n) is 6.89. The summed E-state index contributed by atoms with van der Waals surface area (Å²) in [6.07, 6.45) is 6.91. The van der Waals surface area contributed by atoms with Crippen molar-refractivity contribution in [3.63, 3.8) is 0 Å². The van der Waals surface area contributed by atoms with Gasteiger partial charge >= 0.3 is 0 Å². The molecule has 162 valence electrons. The van der Waals surface area contributed by atoms with Gasteiger partial charge in [-0.15, -0.1) is 0 Å². The summed E-state index contributed by atoms with van der Waals surface area (Å²) in [6.45, 7) is 5.37. The Bertz CT molecular complexity index is 759. The van der Waals surface area contributed by atoms with Crippen molar-refractivity contribution in [3.05, 3.63) is 65.2 Å². The van der Waals surface area contributed by atoms with Crippen LogP contribution in [0.5, 0.6) is 5.75 Å². The van der Waals surface area contributed by atoms with Gasteiger partial charge in [0.25, 0.3) is 0 Å². The molecule has 30 heavy (non-hydrogen) atoms. The second-order valence-corrected chi connectivity index (χ2v) is 8.91. The van der Waals surface area contributed by atoms with E-state index in [0.29, 0.717) is 6.04 Å². The fraction of sp³-hybridized carbons (Fsp3) is 0.538. The van der Waals surface area contributed by atoms with Crippen molar-refractivity contribution in [1.29, 1.82) is 0 Å². The quantitative estimate of drug-likeness (QED) is 0.725. The fourth-order valence-corrected chi connectivity index (χ4v) is 5.37. The van der Waals surface area contributed by atoms with Crippen molar-refractivity contribution in [2.24, 2.45) is 5.92 Å². The van der Waals surface area contributed by atoms with Crippen molar-refractivity contribution in [2.45, 2.75) is 51.3 Å². The van der Waals surface area contributed by atoms with E-state index in [4.69, 9.17) is 4.74 Å². The molecule has 0 amide bonds. The zero-order valence-electron chi connectivity index (χ0n) is 18.3. The van der Waals surface area contributed by atoms with Crippen LogP contribution in [0.15, 0.2) is 48.5 Å². The third kappa shape index (κ3) is 5.23. The molecular formula is C26H36N2O2. The Kier molecular flexibility index (Phi) is 7.42. The molecule has 0 radical (unpaired) electrons. The largest absolute Gasteiger partial charge is 0.497 e. The van der Waals surface area contributed by atoms with Gasteiger partial charge in [-0.1, -0.05) is 55.7 Å². The molecule has 2 aromatic carbocycles. The van der Waals surface area contributed by atoms with Crippen molar-refractivity contribution >= 4 is 0 Å². The lowest BCUT2D eigenvalue weighted by atomic mass is 9.80. The van der Waals surface area contributed by atoms with Crippen LogP contribution >= 0.6 is 0 Å². The topological polar surface area (TPSA) is 35.9 Å². The zero-order valence-corrected chi connectivity index (χ0v) is 18.3. The lowest BCUT2D eigenvalue weighted by Crippen LogP contribution is -2.48. The van der Waals surface area contributed by atoms with Crippen LogP contribution in [0.3, 0.4) is 0 Å². The molecule has 0 aromatic heterocycles. The van der Waals surface area contributed by atoms with E-state index >= 15 is 0 Å². The lowest BCUT2D eigenvalue weighted by molar-refractivity contribution is 0.0547. The molecular weight excluding hydrogens is 372 g/mol. The normalized spacial score (nSPS) is 20.2. The summed E-state index contributed by atoms with van der Waals surface area (Å²) in [5.74, 6) is 1.62. The first kappa shape index (κ1) is 21.4. The van der Waals surface area contributed by atoms with E-state index in [2.05, 4.69) is 52.3 Å². The van der Waals surface area contributed by atoms with E-state index in [1.165, 1.54) is 43.2 Å². The molecule has 1 heterocycles. The minimum Gasteiger partial charge on any atom is -0.497 e. The maximum atomic E-state index is 9.54. The number of hydrogen-bond donors (Lipinski definition) is 1. The molecule has 1 saturated heterocycles. The summed E-state index contributed by atoms with van der Waals surface area (Å²) in [6, 6.07) is 17.9. The van der Waals surface area contributed by atoms with E-state index in [-0.39, 0.29) is 6.61 Å². The van der Waals surface area contributed by atoms with Crippen LogP contribution in [-0.2, 0) is 13.2 Å². The van der Waals surface area contributed by atoms with Crippen molar-refractivity contribution in [2.75, 3.05) is 33.3 Å². The van der Waals surface area contributed by atoms with Crippen LogP contribution in [0.2, 0.25) is 0 Å². The average Bonchev–Trinajstić information content (AvgIpc) is 2.81. The zero-order chi connectivity index (χ0) is 20.8. The first-order valence-corrected chi connectivity index (χ1v) is 11.6. The highest BCUT2D eigenvalue weighted by Crippen LogP contribution is 2.38. The molecule has 1 atom stereocenters. The minimum absolute atomic E-state index is 0.0537. The molecule has 4 heteroatoms. The van der Waals surface area contributed by atoms with E-state index in [1.54, 1.807) is 7.11 Å². The number of methoxy groups -OCH3 is 1. The number of benzene rings is 2. The lowest BCUT2D eigenvalue weighted by Gasteiger charge is -2.43. The number of aliphatic hydroxyl groups is 1. The molecule has 2 fully saturated rings. The van der Waals surface area contributed by atoms with E-state index < -0.39 is 0 Å². The van der Waals surface area contributed by atoms with Gasteiger partial charge in [0.2, 0.25) is 0 Å². The van der Waals surface area contributed by atoms with Gasteiger partial charge in [-0.05, 0) is 47.6 Å².